The van der Waals surface area contributed by atoms with Gasteiger partial charge in [0.05, 0.1) is 0 Å². The number of unbranched alkanes of at least 4 members (excludes halogenated alkanes) is 1. The summed E-state index contributed by atoms with van der Waals surface area (Å²) in [4.78, 5) is 27.2. The van der Waals surface area contributed by atoms with E-state index in [2.05, 4.69) is 17.2 Å². The maximum Gasteiger partial charge on any atom is 0.339 e. The molecule has 0 aliphatic rings. The van der Waals surface area contributed by atoms with Crippen LogP contribution >= 0.6 is 12.4 Å². The Balaban J connectivity index is 0.00000288. The zero-order valence-corrected chi connectivity index (χ0v) is 14.0. The van der Waals surface area contributed by atoms with E-state index in [1.807, 2.05) is 6.07 Å². The predicted octanol–water partition coefficient (Wildman–Crippen LogP) is 3.50. The molecule has 2 rings (SSSR count). The standard InChI is InChI=1S/C17H18N2O4.ClH/c1-2-3-4-11-5-7-14(18-10-11)16(21)19-12-6-8-15(20)13(9-12)17(22)23;/h5-10,20H,2-4H2,1H3,(H,19,21)(H,22,23);1H. The first kappa shape index (κ1) is 19.4. The maximum atomic E-state index is 12.1. The minimum absolute atomic E-state index is 0. The lowest BCUT2D eigenvalue weighted by atomic mass is 10.1. The molecule has 0 saturated heterocycles. The Kier molecular flexibility index (Phi) is 7.20. The number of hydrogen-bond acceptors (Lipinski definition) is 4. The third-order valence-corrected chi connectivity index (χ3v) is 3.36. The monoisotopic (exact) mass is 350 g/mol. The molecular formula is C17H19ClN2O4. The number of phenols is 1. The zero-order valence-electron chi connectivity index (χ0n) is 13.2. The molecule has 1 aromatic carbocycles. The van der Waals surface area contributed by atoms with E-state index in [4.69, 9.17) is 5.11 Å². The quantitative estimate of drug-likeness (QED) is 0.692. The van der Waals surface area contributed by atoms with Crippen LogP contribution in [0.5, 0.6) is 5.75 Å². The van der Waals surface area contributed by atoms with Crippen LogP contribution < -0.4 is 5.32 Å². The van der Waals surface area contributed by atoms with Gasteiger partial charge in [0.1, 0.15) is 17.0 Å². The Hall–Kier alpha value is -2.60. The summed E-state index contributed by atoms with van der Waals surface area (Å²) >= 11 is 0. The molecule has 0 fully saturated rings. The van der Waals surface area contributed by atoms with E-state index in [9.17, 15) is 14.7 Å². The van der Waals surface area contributed by atoms with Crippen LogP contribution in [-0.2, 0) is 6.42 Å². The number of rotatable bonds is 6. The molecule has 0 unspecified atom stereocenters. The number of nitrogens with zero attached hydrogens (tertiary/aromatic N) is 1. The number of halogens is 1. The second-order valence-electron chi connectivity index (χ2n) is 5.15. The van der Waals surface area contributed by atoms with Crippen LogP contribution in [-0.4, -0.2) is 27.1 Å². The summed E-state index contributed by atoms with van der Waals surface area (Å²) in [6.07, 6.45) is 4.75. The molecule has 24 heavy (non-hydrogen) atoms. The summed E-state index contributed by atoms with van der Waals surface area (Å²) in [5, 5.41) is 21.0. The third kappa shape index (κ3) is 4.96. The number of hydrogen-bond donors (Lipinski definition) is 3. The van der Waals surface area contributed by atoms with Crippen LogP contribution in [0.25, 0.3) is 0 Å². The topological polar surface area (TPSA) is 99.5 Å². The van der Waals surface area contributed by atoms with Gasteiger partial charge in [0.25, 0.3) is 5.91 Å². The normalized spacial score (nSPS) is 9.88. The van der Waals surface area contributed by atoms with Gasteiger partial charge in [-0.25, -0.2) is 4.79 Å². The molecule has 7 heteroatoms. The van der Waals surface area contributed by atoms with Crippen LogP contribution in [0.2, 0.25) is 0 Å². The Morgan fingerprint density at radius 1 is 1.21 bits per heavy atom. The highest BCUT2D eigenvalue weighted by Gasteiger charge is 2.13. The number of aryl methyl sites for hydroxylation is 1. The summed E-state index contributed by atoms with van der Waals surface area (Å²) in [6, 6.07) is 7.34. The molecule has 0 aliphatic heterocycles. The first-order chi connectivity index (χ1) is 11.0. The number of carbonyl (C=O) groups is 2. The van der Waals surface area contributed by atoms with Crippen molar-refractivity contribution in [2.24, 2.45) is 0 Å². The molecule has 6 nitrogen and oxygen atoms in total. The van der Waals surface area contributed by atoms with Gasteiger partial charge in [-0.2, -0.15) is 0 Å². The highest BCUT2D eigenvalue weighted by molar-refractivity contribution is 6.03. The van der Waals surface area contributed by atoms with E-state index in [1.54, 1.807) is 12.3 Å². The summed E-state index contributed by atoms with van der Waals surface area (Å²) in [5.41, 5.74) is 1.32. The fourth-order valence-electron chi connectivity index (χ4n) is 2.07. The molecule has 1 amide bonds. The highest BCUT2D eigenvalue weighted by Crippen LogP contribution is 2.21. The summed E-state index contributed by atoms with van der Waals surface area (Å²) in [5.74, 6) is -2.06. The van der Waals surface area contributed by atoms with Gasteiger partial charge in [0.2, 0.25) is 0 Å². The van der Waals surface area contributed by atoms with Crippen molar-refractivity contribution in [1.29, 1.82) is 0 Å². The summed E-state index contributed by atoms with van der Waals surface area (Å²) < 4.78 is 0. The van der Waals surface area contributed by atoms with E-state index in [0.29, 0.717) is 0 Å². The SMILES string of the molecule is CCCCc1ccc(C(=O)Nc2ccc(O)c(C(=O)O)c2)nc1.Cl. The van der Waals surface area contributed by atoms with Crippen molar-refractivity contribution in [2.75, 3.05) is 5.32 Å². The van der Waals surface area contributed by atoms with Crippen LogP contribution in [0, 0.1) is 0 Å². The van der Waals surface area contributed by atoms with Gasteiger partial charge < -0.3 is 15.5 Å². The number of anilines is 1. The number of aromatic hydroxyl groups is 1. The Morgan fingerprint density at radius 2 is 1.96 bits per heavy atom. The van der Waals surface area contributed by atoms with Crippen molar-refractivity contribution in [3.63, 3.8) is 0 Å². The van der Waals surface area contributed by atoms with E-state index in [0.717, 1.165) is 24.8 Å². The van der Waals surface area contributed by atoms with Gasteiger partial charge in [-0.15, -0.1) is 12.4 Å². The average molecular weight is 351 g/mol. The molecule has 0 atom stereocenters. The molecule has 1 aromatic heterocycles. The van der Waals surface area contributed by atoms with Crippen molar-refractivity contribution in [3.05, 3.63) is 53.3 Å². The molecule has 0 aliphatic carbocycles. The van der Waals surface area contributed by atoms with Gasteiger partial charge in [-0.1, -0.05) is 19.4 Å². The third-order valence-electron chi connectivity index (χ3n) is 3.36. The number of carboxylic acids is 1. The lowest BCUT2D eigenvalue weighted by Gasteiger charge is -2.07. The fraction of sp³-hybridized carbons (Fsp3) is 0.235. The van der Waals surface area contributed by atoms with Crippen molar-refractivity contribution >= 4 is 30.0 Å². The van der Waals surface area contributed by atoms with Crippen LogP contribution in [0.15, 0.2) is 36.5 Å². The van der Waals surface area contributed by atoms with Crippen molar-refractivity contribution < 1.29 is 19.8 Å². The van der Waals surface area contributed by atoms with Gasteiger partial charge in [-0.05, 0) is 42.7 Å². The zero-order chi connectivity index (χ0) is 16.8. The van der Waals surface area contributed by atoms with E-state index in [-0.39, 0.29) is 35.1 Å². The number of aromatic carboxylic acids is 1. The number of aromatic nitrogens is 1. The molecule has 2 aromatic rings. The Labute approximate surface area is 146 Å². The second-order valence-corrected chi connectivity index (χ2v) is 5.15. The minimum atomic E-state index is -1.27. The molecule has 0 radical (unpaired) electrons. The highest BCUT2D eigenvalue weighted by atomic mass is 35.5. The van der Waals surface area contributed by atoms with Crippen molar-refractivity contribution in [1.82, 2.24) is 4.98 Å². The number of pyridine rings is 1. The molecule has 0 saturated carbocycles. The lowest BCUT2D eigenvalue weighted by Crippen LogP contribution is -2.14. The van der Waals surface area contributed by atoms with Crippen molar-refractivity contribution in [2.45, 2.75) is 26.2 Å². The number of amides is 1. The number of carboxylic acid groups (broad SMARTS) is 1. The van der Waals surface area contributed by atoms with Crippen LogP contribution in [0.4, 0.5) is 5.69 Å². The van der Waals surface area contributed by atoms with E-state index < -0.39 is 11.9 Å². The number of nitrogens with one attached hydrogen (secondary N) is 1. The maximum absolute atomic E-state index is 12.1. The van der Waals surface area contributed by atoms with E-state index >= 15 is 0 Å². The van der Waals surface area contributed by atoms with Gasteiger partial charge >= 0.3 is 5.97 Å². The molecule has 128 valence electrons. The second kappa shape index (κ2) is 8.88. The summed E-state index contributed by atoms with van der Waals surface area (Å²) in [6.45, 7) is 2.11. The van der Waals surface area contributed by atoms with E-state index in [1.165, 1.54) is 18.2 Å². The molecule has 0 spiro atoms. The molecule has 0 bridgehead atoms. The number of carbonyl (C=O) groups excluding carboxylic acids is 1. The fourth-order valence-corrected chi connectivity index (χ4v) is 2.07. The Bertz CT molecular complexity index is 717. The Morgan fingerprint density at radius 3 is 2.54 bits per heavy atom. The molecular weight excluding hydrogens is 332 g/mol. The number of benzene rings is 1. The smallest absolute Gasteiger partial charge is 0.339 e. The first-order valence-corrected chi connectivity index (χ1v) is 7.34. The first-order valence-electron chi connectivity index (χ1n) is 7.34. The van der Waals surface area contributed by atoms with Crippen molar-refractivity contribution in [3.8, 4) is 5.75 Å². The summed E-state index contributed by atoms with van der Waals surface area (Å²) in [7, 11) is 0. The van der Waals surface area contributed by atoms with Crippen LogP contribution in [0.3, 0.4) is 0 Å². The minimum Gasteiger partial charge on any atom is -0.507 e. The predicted molar refractivity (Wildman–Crippen MR) is 93.1 cm³/mol. The molecule has 3 N–H and O–H groups in total. The largest absolute Gasteiger partial charge is 0.507 e. The lowest BCUT2D eigenvalue weighted by molar-refractivity contribution is 0.0693. The van der Waals surface area contributed by atoms with Crippen LogP contribution in [0.1, 0.15) is 46.2 Å². The van der Waals surface area contributed by atoms with Gasteiger partial charge in [-0.3, -0.25) is 9.78 Å². The molecule has 1 heterocycles. The van der Waals surface area contributed by atoms with Gasteiger partial charge in [0, 0.05) is 11.9 Å². The van der Waals surface area contributed by atoms with Gasteiger partial charge in [0.15, 0.2) is 0 Å². The average Bonchev–Trinajstić information content (AvgIpc) is 2.54.